The molecule has 1 saturated heterocycles. The zero-order valence-corrected chi connectivity index (χ0v) is 28.8. The van der Waals surface area contributed by atoms with Crippen molar-refractivity contribution in [2.24, 2.45) is 0 Å². The lowest BCUT2D eigenvalue weighted by atomic mass is 9.87. The van der Waals surface area contributed by atoms with Crippen molar-refractivity contribution in [2.75, 3.05) is 53.7 Å². The Morgan fingerprint density at radius 3 is 2.43 bits per heavy atom. The van der Waals surface area contributed by atoms with Crippen LogP contribution in [-0.4, -0.2) is 69.7 Å². The SMILES string of the molecule is COCCCOc1cc(COC2CN(C(Cl)Cl)CCC2c2ccc(OCCCOCc3cccs3)cc2)cc2c(OC)cccc12. The summed E-state index contributed by atoms with van der Waals surface area (Å²) < 4.78 is 35.5. The van der Waals surface area contributed by atoms with Gasteiger partial charge in [-0.2, -0.15) is 0 Å². The Labute approximate surface area is 286 Å². The summed E-state index contributed by atoms with van der Waals surface area (Å²) in [4.78, 5) is 2.70. The van der Waals surface area contributed by atoms with E-state index in [1.807, 2.05) is 30.3 Å². The molecule has 5 rings (SSSR count). The van der Waals surface area contributed by atoms with Crippen LogP contribution in [-0.2, 0) is 27.4 Å². The minimum absolute atomic E-state index is 0.111. The number of hydrogen-bond donors (Lipinski definition) is 0. The molecule has 0 spiro atoms. The lowest BCUT2D eigenvalue weighted by Crippen LogP contribution is -2.45. The van der Waals surface area contributed by atoms with Crippen molar-refractivity contribution in [1.29, 1.82) is 0 Å². The highest BCUT2D eigenvalue weighted by Gasteiger charge is 2.33. The third-order valence-electron chi connectivity index (χ3n) is 8.11. The van der Waals surface area contributed by atoms with Gasteiger partial charge in [-0.25, -0.2) is 0 Å². The van der Waals surface area contributed by atoms with Crippen LogP contribution < -0.4 is 14.2 Å². The second-order valence-corrected chi connectivity index (χ2v) is 13.3. The molecule has 2 atom stereocenters. The Hall–Kier alpha value is -2.56. The summed E-state index contributed by atoms with van der Waals surface area (Å²) in [5, 5.41) is 4.05. The predicted molar refractivity (Wildman–Crippen MR) is 186 cm³/mol. The Bertz CT molecular complexity index is 1470. The minimum Gasteiger partial charge on any atom is -0.496 e. The average molecular weight is 689 g/mol. The van der Waals surface area contributed by atoms with Crippen LogP contribution in [0.15, 0.2) is 72.1 Å². The molecule has 0 saturated carbocycles. The normalized spacial score (nSPS) is 17.1. The number of rotatable bonds is 18. The van der Waals surface area contributed by atoms with Gasteiger partial charge < -0.3 is 28.4 Å². The van der Waals surface area contributed by atoms with Crippen molar-refractivity contribution in [1.82, 2.24) is 4.90 Å². The Morgan fingerprint density at radius 1 is 0.848 bits per heavy atom. The van der Waals surface area contributed by atoms with Crippen molar-refractivity contribution in [3.63, 3.8) is 0 Å². The van der Waals surface area contributed by atoms with Crippen LogP contribution in [0.4, 0.5) is 0 Å². The largest absolute Gasteiger partial charge is 0.496 e. The third kappa shape index (κ3) is 9.73. The van der Waals surface area contributed by atoms with Crippen LogP contribution in [0.1, 0.15) is 41.2 Å². The van der Waals surface area contributed by atoms with Gasteiger partial charge in [0.05, 0.1) is 46.2 Å². The van der Waals surface area contributed by atoms with Crippen molar-refractivity contribution < 1.29 is 28.4 Å². The maximum absolute atomic E-state index is 6.68. The molecular weight excluding hydrogens is 645 g/mol. The Morgan fingerprint density at radius 2 is 1.67 bits per heavy atom. The zero-order chi connectivity index (χ0) is 32.1. The number of piperidine rings is 1. The molecule has 46 heavy (non-hydrogen) atoms. The van der Waals surface area contributed by atoms with E-state index in [4.69, 9.17) is 51.6 Å². The fourth-order valence-electron chi connectivity index (χ4n) is 5.75. The number of benzene rings is 3. The first-order chi connectivity index (χ1) is 22.6. The molecule has 0 aliphatic carbocycles. The molecule has 0 bridgehead atoms. The monoisotopic (exact) mass is 687 g/mol. The first kappa shape index (κ1) is 34.8. The van der Waals surface area contributed by atoms with E-state index in [9.17, 15) is 0 Å². The number of ether oxygens (including phenoxy) is 6. The van der Waals surface area contributed by atoms with Crippen LogP contribution in [0.3, 0.4) is 0 Å². The van der Waals surface area contributed by atoms with E-state index in [-0.39, 0.29) is 12.0 Å². The number of likely N-dealkylation sites (tertiary alicyclic amines) is 1. The quantitative estimate of drug-likeness (QED) is 0.0591. The van der Waals surface area contributed by atoms with Gasteiger partial charge in [0.25, 0.3) is 0 Å². The molecule has 248 valence electrons. The molecule has 2 unspecified atom stereocenters. The summed E-state index contributed by atoms with van der Waals surface area (Å²) in [6.07, 6.45) is 2.40. The maximum Gasteiger partial charge on any atom is 0.160 e. The van der Waals surface area contributed by atoms with Gasteiger partial charge in [-0.3, -0.25) is 4.90 Å². The second-order valence-electron chi connectivity index (χ2n) is 11.3. The van der Waals surface area contributed by atoms with Gasteiger partial charge in [0, 0.05) is 61.2 Å². The van der Waals surface area contributed by atoms with E-state index in [1.165, 1.54) is 10.4 Å². The van der Waals surface area contributed by atoms with Crippen molar-refractivity contribution in [3.05, 3.63) is 88.1 Å². The van der Waals surface area contributed by atoms with Crippen molar-refractivity contribution in [2.45, 2.75) is 49.5 Å². The minimum atomic E-state index is -0.589. The molecule has 1 aromatic heterocycles. The maximum atomic E-state index is 6.68. The highest BCUT2D eigenvalue weighted by molar-refractivity contribution is 7.09. The van der Waals surface area contributed by atoms with Gasteiger partial charge in [0.2, 0.25) is 0 Å². The van der Waals surface area contributed by atoms with Gasteiger partial charge in [0.1, 0.15) is 17.2 Å². The first-order valence-electron chi connectivity index (χ1n) is 15.7. The van der Waals surface area contributed by atoms with E-state index in [0.717, 1.165) is 59.4 Å². The molecule has 2 heterocycles. The van der Waals surface area contributed by atoms with Crippen LogP contribution in [0, 0.1) is 0 Å². The van der Waals surface area contributed by atoms with Gasteiger partial charge in [-0.1, -0.05) is 53.5 Å². The molecule has 4 aromatic rings. The van der Waals surface area contributed by atoms with Crippen LogP contribution >= 0.6 is 34.5 Å². The topological polar surface area (TPSA) is 58.6 Å². The highest BCUT2D eigenvalue weighted by atomic mass is 35.5. The Balaban J connectivity index is 1.23. The number of alkyl halides is 2. The van der Waals surface area contributed by atoms with Crippen LogP contribution in [0.25, 0.3) is 10.8 Å². The first-order valence-corrected chi connectivity index (χ1v) is 17.5. The zero-order valence-electron chi connectivity index (χ0n) is 26.5. The van der Waals surface area contributed by atoms with Gasteiger partial charge in [-0.15, -0.1) is 11.3 Å². The van der Waals surface area contributed by atoms with Crippen LogP contribution in [0.5, 0.6) is 17.2 Å². The molecule has 0 amide bonds. The standard InChI is InChI=1S/C36H43Cl2NO6S/c1-40-16-5-19-44-34-22-26(21-32-31(34)8-3-9-33(32)41-2)24-45-35-23-39(36(37)38)15-14-30(35)27-10-12-28(13-11-27)43-18-6-17-42-25-29-7-4-20-46-29/h3-4,7-13,20-22,30,35-36H,5-6,14-19,23-25H2,1-2H3. The molecule has 1 fully saturated rings. The van der Waals surface area contributed by atoms with E-state index in [0.29, 0.717) is 46.2 Å². The van der Waals surface area contributed by atoms with Gasteiger partial charge in [0.15, 0.2) is 4.96 Å². The average Bonchev–Trinajstić information content (AvgIpc) is 3.61. The lowest BCUT2D eigenvalue weighted by Gasteiger charge is -2.39. The Kier molecular flexibility index (Phi) is 13.7. The smallest absolute Gasteiger partial charge is 0.160 e. The molecular formula is C36H43Cl2NO6S. The van der Waals surface area contributed by atoms with E-state index < -0.39 is 4.96 Å². The second kappa shape index (κ2) is 18.1. The van der Waals surface area contributed by atoms with Crippen molar-refractivity contribution >= 4 is 45.3 Å². The number of thiophene rings is 1. The molecule has 1 aliphatic rings. The van der Waals surface area contributed by atoms with Crippen molar-refractivity contribution in [3.8, 4) is 17.2 Å². The molecule has 0 radical (unpaired) electrons. The lowest BCUT2D eigenvalue weighted by molar-refractivity contribution is -0.0226. The van der Waals surface area contributed by atoms with Crippen LogP contribution in [0.2, 0.25) is 0 Å². The van der Waals surface area contributed by atoms with E-state index >= 15 is 0 Å². The molecule has 3 aromatic carbocycles. The fourth-order valence-corrected chi connectivity index (χ4v) is 6.74. The fraction of sp³-hybridized carbons (Fsp3) is 0.444. The van der Waals surface area contributed by atoms with E-state index in [1.54, 1.807) is 25.6 Å². The number of fused-ring (bicyclic) bond motifs is 1. The molecule has 0 N–H and O–H groups in total. The number of nitrogens with zero attached hydrogens (tertiary/aromatic N) is 1. The number of methoxy groups -OCH3 is 2. The summed E-state index contributed by atoms with van der Waals surface area (Å²) in [5.74, 6) is 2.63. The molecule has 1 aliphatic heterocycles. The van der Waals surface area contributed by atoms with E-state index in [2.05, 4.69) is 46.7 Å². The molecule has 10 heteroatoms. The summed E-state index contributed by atoms with van der Waals surface area (Å²) in [6, 6.07) is 22.7. The molecule has 7 nitrogen and oxygen atoms in total. The number of halogens is 2. The summed E-state index contributed by atoms with van der Waals surface area (Å²) in [7, 11) is 3.38. The summed E-state index contributed by atoms with van der Waals surface area (Å²) >= 11 is 14.4. The highest BCUT2D eigenvalue weighted by Crippen LogP contribution is 2.36. The summed E-state index contributed by atoms with van der Waals surface area (Å²) in [6.45, 7) is 4.95. The third-order valence-corrected chi connectivity index (χ3v) is 9.52. The predicted octanol–water partition coefficient (Wildman–Crippen LogP) is 8.45. The van der Waals surface area contributed by atoms with Gasteiger partial charge >= 0.3 is 0 Å². The summed E-state index contributed by atoms with van der Waals surface area (Å²) in [5.41, 5.74) is 2.21. The van der Waals surface area contributed by atoms with Gasteiger partial charge in [-0.05, 0) is 59.3 Å². The number of hydrogen-bond acceptors (Lipinski definition) is 8.